The van der Waals surface area contributed by atoms with E-state index in [0.29, 0.717) is 6.54 Å². The number of nitrogens with one attached hydrogen (secondary N) is 1. The Morgan fingerprint density at radius 1 is 1.33 bits per heavy atom. The van der Waals surface area contributed by atoms with Gasteiger partial charge >= 0.3 is 0 Å². The lowest BCUT2D eigenvalue weighted by molar-refractivity contribution is 0.0940. The molecule has 0 saturated carbocycles. The van der Waals surface area contributed by atoms with E-state index in [1.54, 1.807) is 18.3 Å². The second kappa shape index (κ2) is 6.05. The zero-order valence-electron chi connectivity index (χ0n) is 11.7. The Morgan fingerprint density at radius 3 is 3.00 bits per heavy atom. The van der Waals surface area contributed by atoms with Gasteiger partial charge in [-0.15, -0.1) is 0 Å². The number of phenols is 2. The summed E-state index contributed by atoms with van der Waals surface area (Å²) in [5.41, 5.74) is 1.80. The minimum absolute atomic E-state index is 0.108. The zero-order valence-corrected chi connectivity index (χ0v) is 11.7. The van der Waals surface area contributed by atoms with Crippen LogP contribution in [0.1, 0.15) is 18.4 Å². The predicted octanol–water partition coefficient (Wildman–Crippen LogP) is 2.09. The van der Waals surface area contributed by atoms with Gasteiger partial charge < -0.3 is 20.3 Å². The van der Waals surface area contributed by atoms with Gasteiger partial charge in [0.2, 0.25) is 0 Å². The van der Waals surface area contributed by atoms with Crippen LogP contribution >= 0.6 is 0 Å². The summed E-state index contributed by atoms with van der Waals surface area (Å²) in [5.74, 6) is -0.216. The van der Waals surface area contributed by atoms with Crippen LogP contribution in [0.5, 0.6) is 11.5 Å². The summed E-state index contributed by atoms with van der Waals surface area (Å²) in [5, 5.41) is 26.3. The molecule has 6 heteroatoms. The van der Waals surface area contributed by atoms with Crippen molar-refractivity contribution in [3.05, 3.63) is 36.2 Å². The van der Waals surface area contributed by atoms with Gasteiger partial charge in [-0.25, -0.2) is 0 Å². The predicted molar refractivity (Wildman–Crippen MR) is 78.3 cm³/mol. The first-order valence-corrected chi connectivity index (χ1v) is 7.09. The van der Waals surface area contributed by atoms with Crippen molar-refractivity contribution in [2.24, 2.45) is 0 Å². The van der Waals surface area contributed by atoms with Crippen molar-refractivity contribution in [1.29, 1.82) is 0 Å². The Bertz CT molecular complexity index is 606. The van der Waals surface area contributed by atoms with E-state index >= 15 is 0 Å². The van der Waals surface area contributed by atoms with Gasteiger partial charge in [-0.1, -0.05) is 6.07 Å². The smallest absolute Gasteiger partial charge is 0.157 e. The molecule has 2 aromatic rings. The minimum atomic E-state index is -0.108. The fourth-order valence-electron chi connectivity index (χ4n) is 2.43. The van der Waals surface area contributed by atoms with Crippen molar-refractivity contribution in [3.8, 4) is 11.5 Å². The number of benzene rings is 1. The normalized spacial score (nSPS) is 18.0. The lowest BCUT2D eigenvalue weighted by atomic mass is 10.2. The van der Waals surface area contributed by atoms with Crippen molar-refractivity contribution in [3.63, 3.8) is 0 Å². The standard InChI is InChI=1S/C15H19N3O3/c19-14-4-3-11(6-15(14)20)7-16-12-8-17-18(9-12)10-13-2-1-5-21-13/h3-4,6,8-9,13,16,19-20H,1-2,5,7,10H2. The number of hydrogen-bond donors (Lipinski definition) is 3. The average Bonchev–Trinajstić information content (AvgIpc) is 3.13. The molecule has 6 nitrogen and oxygen atoms in total. The van der Waals surface area contributed by atoms with Gasteiger partial charge in [0.1, 0.15) is 0 Å². The molecule has 2 heterocycles. The molecule has 3 rings (SSSR count). The molecule has 112 valence electrons. The lowest BCUT2D eigenvalue weighted by Gasteiger charge is -2.08. The first kappa shape index (κ1) is 13.8. The highest BCUT2D eigenvalue weighted by molar-refractivity contribution is 5.43. The molecule has 1 aliphatic rings. The summed E-state index contributed by atoms with van der Waals surface area (Å²) < 4.78 is 7.47. The minimum Gasteiger partial charge on any atom is -0.504 e. The van der Waals surface area contributed by atoms with Crippen LogP contribution in [0.25, 0.3) is 0 Å². The number of aromatic hydroxyl groups is 2. The number of rotatable bonds is 5. The van der Waals surface area contributed by atoms with Crippen molar-refractivity contribution in [1.82, 2.24) is 9.78 Å². The SMILES string of the molecule is Oc1ccc(CNc2cnn(CC3CCCO3)c2)cc1O. The maximum Gasteiger partial charge on any atom is 0.157 e. The summed E-state index contributed by atoms with van der Waals surface area (Å²) in [7, 11) is 0. The summed E-state index contributed by atoms with van der Waals surface area (Å²) in [4.78, 5) is 0. The highest BCUT2D eigenvalue weighted by atomic mass is 16.5. The van der Waals surface area contributed by atoms with E-state index in [4.69, 9.17) is 4.74 Å². The van der Waals surface area contributed by atoms with Crippen LogP contribution in [0.15, 0.2) is 30.6 Å². The molecule has 0 bridgehead atoms. The number of nitrogens with zero attached hydrogens (tertiary/aromatic N) is 2. The van der Waals surface area contributed by atoms with Crippen LogP contribution < -0.4 is 5.32 Å². The number of aromatic nitrogens is 2. The zero-order chi connectivity index (χ0) is 14.7. The number of phenolic OH excluding ortho intramolecular Hbond substituents is 2. The van der Waals surface area contributed by atoms with Gasteiger partial charge in [0.25, 0.3) is 0 Å². The van der Waals surface area contributed by atoms with E-state index in [2.05, 4.69) is 10.4 Å². The average molecular weight is 289 g/mol. The molecule has 0 amide bonds. The first-order valence-electron chi connectivity index (χ1n) is 7.09. The topological polar surface area (TPSA) is 79.5 Å². The van der Waals surface area contributed by atoms with Crippen molar-refractivity contribution in [2.45, 2.75) is 32.0 Å². The van der Waals surface area contributed by atoms with Gasteiger partial charge in [-0.05, 0) is 30.5 Å². The molecule has 1 aromatic carbocycles. The molecular weight excluding hydrogens is 270 g/mol. The van der Waals surface area contributed by atoms with E-state index in [1.807, 2.05) is 10.9 Å². The second-order valence-electron chi connectivity index (χ2n) is 5.26. The molecule has 1 fully saturated rings. The summed E-state index contributed by atoms with van der Waals surface area (Å²) >= 11 is 0. The van der Waals surface area contributed by atoms with Crippen LogP contribution in [0, 0.1) is 0 Å². The Labute approximate surface area is 123 Å². The van der Waals surface area contributed by atoms with E-state index in [-0.39, 0.29) is 17.6 Å². The maximum absolute atomic E-state index is 9.45. The van der Waals surface area contributed by atoms with E-state index in [9.17, 15) is 10.2 Å². The fourth-order valence-corrected chi connectivity index (χ4v) is 2.43. The molecule has 1 unspecified atom stereocenters. The van der Waals surface area contributed by atoms with E-state index < -0.39 is 0 Å². The summed E-state index contributed by atoms with van der Waals surface area (Å²) in [6, 6.07) is 4.78. The largest absolute Gasteiger partial charge is 0.504 e. The van der Waals surface area contributed by atoms with Gasteiger partial charge in [-0.2, -0.15) is 5.10 Å². The lowest BCUT2D eigenvalue weighted by Crippen LogP contribution is -2.15. The van der Waals surface area contributed by atoms with Crippen LogP contribution in [0.4, 0.5) is 5.69 Å². The maximum atomic E-state index is 9.45. The Kier molecular flexibility index (Phi) is 3.96. The quantitative estimate of drug-likeness (QED) is 0.734. The highest BCUT2D eigenvalue weighted by Gasteiger charge is 2.16. The summed E-state index contributed by atoms with van der Waals surface area (Å²) in [6.07, 6.45) is 6.21. The van der Waals surface area contributed by atoms with Crippen molar-refractivity contribution >= 4 is 5.69 Å². The Balaban J connectivity index is 1.55. The number of ether oxygens (including phenoxy) is 1. The first-order chi connectivity index (χ1) is 10.2. The molecule has 1 atom stereocenters. The second-order valence-corrected chi connectivity index (χ2v) is 5.26. The number of anilines is 1. The van der Waals surface area contributed by atoms with E-state index in [0.717, 1.165) is 37.2 Å². The van der Waals surface area contributed by atoms with Crippen molar-refractivity contribution in [2.75, 3.05) is 11.9 Å². The van der Waals surface area contributed by atoms with Crippen LogP contribution in [0.2, 0.25) is 0 Å². The summed E-state index contributed by atoms with van der Waals surface area (Å²) in [6.45, 7) is 2.18. The monoisotopic (exact) mass is 289 g/mol. The molecule has 1 aromatic heterocycles. The molecule has 0 radical (unpaired) electrons. The molecule has 0 spiro atoms. The third-order valence-corrected chi connectivity index (χ3v) is 3.58. The highest BCUT2D eigenvalue weighted by Crippen LogP contribution is 2.25. The van der Waals surface area contributed by atoms with Crippen LogP contribution in [-0.2, 0) is 17.8 Å². The molecule has 21 heavy (non-hydrogen) atoms. The number of hydrogen-bond acceptors (Lipinski definition) is 5. The molecule has 0 aliphatic carbocycles. The van der Waals surface area contributed by atoms with Crippen molar-refractivity contribution < 1.29 is 14.9 Å². The molecule has 3 N–H and O–H groups in total. The third kappa shape index (κ3) is 3.46. The van der Waals surface area contributed by atoms with Crippen LogP contribution in [0.3, 0.4) is 0 Å². The van der Waals surface area contributed by atoms with Gasteiger partial charge in [0.15, 0.2) is 11.5 Å². The van der Waals surface area contributed by atoms with E-state index in [1.165, 1.54) is 6.07 Å². The molecular formula is C15H19N3O3. The Hall–Kier alpha value is -2.21. The third-order valence-electron chi connectivity index (χ3n) is 3.58. The Morgan fingerprint density at radius 2 is 2.24 bits per heavy atom. The van der Waals surface area contributed by atoms with Gasteiger partial charge in [-0.3, -0.25) is 4.68 Å². The molecule has 1 saturated heterocycles. The van der Waals surface area contributed by atoms with Gasteiger partial charge in [0.05, 0.1) is 24.5 Å². The fraction of sp³-hybridized carbons (Fsp3) is 0.400. The van der Waals surface area contributed by atoms with Crippen LogP contribution in [-0.4, -0.2) is 32.7 Å². The molecule has 1 aliphatic heterocycles. The van der Waals surface area contributed by atoms with Gasteiger partial charge in [0, 0.05) is 19.3 Å².